The van der Waals surface area contributed by atoms with Gasteiger partial charge in [0.05, 0.1) is 12.4 Å². The van der Waals surface area contributed by atoms with Gasteiger partial charge in [-0.2, -0.15) is 8.42 Å². The zero-order valence-corrected chi connectivity index (χ0v) is 11.3. The third kappa shape index (κ3) is 5.85. The molecule has 1 fully saturated rings. The fourth-order valence-corrected chi connectivity index (χ4v) is 3.30. The second kappa shape index (κ2) is 6.01. The minimum Gasteiger partial charge on any atom is -0.270 e. The van der Waals surface area contributed by atoms with Gasteiger partial charge < -0.3 is 0 Å². The van der Waals surface area contributed by atoms with E-state index in [1.54, 1.807) is 0 Å². The summed E-state index contributed by atoms with van der Waals surface area (Å²) in [4.78, 5) is 0. The Labute approximate surface area is 99.7 Å². The molecule has 1 saturated heterocycles. The first-order valence-corrected chi connectivity index (χ1v) is 7.86. The van der Waals surface area contributed by atoms with Crippen molar-refractivity contribution in [3.05, 3.63) is 0 Å². The van der Waals surface area contributed by atoms with E-state index in [1.165, 1.54) is 19.3 Å². The van der Waals surface area contributed by atoms with E-state index in [-0.39, 0.29) is 11.2 Å². The second-order valence-corrected chi connectivity index (χ2v) is 7.28. The Balaban J connectivity index is 2.54. The fourth-order valence-electron chi connectivity index (χ4n) is 2.01. The van der Waals surface area contributed by atoms with Crippen molar-refractivity contribution >= 4 is 10.1 Å². The van der Waals surface area contributed by atoms with Gasteiger partial charge in [-0.3, -0.25) is 4.18 Å². The van der Waals surface area contributed by atoms with Crippen molar-refractivity contribution in [2.75, 3.05) is 12.4 Å². The monoisotopic (exact) mass is 248 g/mol. The average molecular weight is 248 g/mol. The largest absolute Gasteiger partial charge is 0.270 e. The SMILES string of the molecule is CC1(C)CCCCCCCOS(=O)(=O)CC1. The minimum absolute atomic E-state index is 0.121. The van der Waals surface area contributed by atoms with Crippen LogP contribution in [0.25, 0.3) is 0 Å². The molecule has 1 rings (SSSR count). The van der Waals surface area contributed by atoms with Crippen molar-refractivity contribution in [3.8, 4) is 0 Å². The van der Waals surface area contributed by atoms with E-state index in [0.717, 1.165) is 19.3 Å². The van der Waals surface area contributed by atoms with Gasteiger partial charge in [0.1, 0.15) is 0 Å². The zero-order chi connectivity index (χ0) is 12.1. The van der Waals surface area contributed by atoms with E-state index in [1.807, 2.05) is 0 Å². The highest BCUT2D eigenvalue weighted by Crippen LogP contribution is 2.29. The normalized spacial score (nSPS) is 27.6. The molecule has 1 aliphatic rings. The minimum atomic E-state index is -3.28. The zero-order valence-electron chi connectivity index (χ0n) is 10.5. The molecule has 0 aliphatic carbocycles. The lowest BCUT2D eigenvalue weighted by Crippen LogP contribution is -2.20. The summed E-state index contributed by atoms with van der Waals surface area (Å²) in [5.74, 6) is 0.167. The summed E-state index contributed by atoms with van der Waals surface area (Å²) in [6.07, 6.45) is 7.43. The van der Waals surface area contributed by atoms with Crippen molar-refractivity contribution in [2.45, 2.75) is 58.8 Å². The predicted molar refractivity (Wildman–Crippen MR) is 65.8 cm³/mol. The molecule has 0 saturated carbocycles. The highest BCUT2D eigenvalue weighted by Gasteiger charge is 2.22. The Bertz CT molecular complexity index is 293. The van der Waals surface area contributed by atoms with E-state index in [2.05, 4.69) is 13.8 Å². The summed E-state index contributed by atoms with van der Waals surface area (Å²) >= 11 is 0. The fraction of sp³-hybridized carbons (Fsp3) is 1.00. The lowest BCUT2D eigenvalue weighted by atomic mass is 9.84. The topological polar surface area (TPSA) is 43.4 Å². The highest BCUT2D eigenvalue weighted by molar-refractivity contribution is 7.86. The molecule has 16 heavy (non-hydrogen) atoms. The van der Waals surface area contributed by atoms with Crippen LogP contribution in [-0.4, -0.2) is 20.8 Å². The number of hydrogen-bond donors (Lipinski definition) is 0. The van der Waals surface area contributed by atoms with Crippen LogP contribution in [0.5, 0.6) is 0 Å². The molecular weight excluding hydrogens is 224 g/mol. The Morgan fingerprint density at radius 1 is 0.938 bits per heavy atom. The van der Waals surface area contributed by atoms with Crippen molar-refractivity contribution < 1.29 is 12.6 Å². The van der Waals surface area contributed by atoms with Crippen LogP contribution >= 0.6 is 0 Å². The van der Waals surface area contributed by atoms with E-state index >= 15 is 0 Å². The molecule has 96 valence electrons. The highest BCUT2D eigenvalue weighted by atomic mass is 32.2. The summed E-state index contributed by atoms with van der Waals surface area (Å²) in [5.41, 5.74) is 0.121. The maximum absolute atomic E-state index is 11.6. The van der Waals surface area contributed by atoms with Gasteiger partial charge >= 0.3 is 0 Å². The van der Waals surface area contributed by atoms with Gasteiger partial charge in [-0.15, -0.1) is 0 Å². The third-order valence-corrected chi connectivity index (χ3v) is 4.52. The van der Waals surface area contributed by atoms with Crippen LogP contribution in [0.1, 0.15) is 58.8 Å². The number of rotatable bonds is 0. The summed E-state index contributed by atoms with van der Waals surface area (Å²) in [5, 5.41) is 0. The number of hydrogen-bond acceptors (Lipinski definition) is 3. The molecule has 0 bridgehead atoms. The first-order valence-electron chi connectivity index (χ1n) is 6.28. The second-order valence-electron chi connectivity index (χ2n) is 5.52. The molecule has 0 amide bonds. The van der Waals surface area contributed by atoms with E-state index in [0.29, 0.717) is 13.0 Å². The Morgan fingerprint density at radius 3 is 2.31 bits per heavy atom. The van der Waals surface area contributed by atoms with Gasteiger partial charge in [0.25, 0.3) is 10.1 Å². The molecule has 0 N–H and O–H groups in total. The van der Waals surface area contributed by atoms with Crippen molar-refractivity contribution in [2.24, 2.45) is 5.41 Å². The molecule has 0 aromatic heterocycles. The lowest BCUT2D eigenvalue weighted by Gasteiger charge is -2.24. The van der Waals surface area contributed by atoms with Crippen LogP contribution in [0.2, 0.25) is 0 Å². The smallest absolute Gasteiger partial charge is 0.267 e. The van der Waals surface area contributed by atoms with Crippen molar-refractivity contribution in [1.29, 1.82) is 0 Å². The summed E-state index contributed by atoms with van der Waals surface area (Å²) < 4.78 is 28.1. The Kier molecular flexibility index (Phi) is 5.25. The standard InChI is InChI=1S/C12H24O3S/c1-12(2)8-6-4-3-5-7-10-15-16(13,14)11-9-12/h3-11H2,1-2H3. The lowest BCUT2D eigenvalue weighted by molar-refractivity contribution is 0.275. The van der Waals surface area contributed by atoms with E-state index in [4.69, 9.17) is 4.18 Å². The van der Waals surface area contributed by atoms with Gasteiger partial charge in [-0.1, -0.05) is 39.5 Å². The van der Waals surface area contributed by atoms with Crippen LogP contribution in [0.15, 0.2) is 0 Å². The van der Waals surface area contributed by atoms with Gasteiger partial charge in [0, 0.05) is 0 Å². The van der Waals surface area contributed by atoms with Crippen molar-refractivity contribution in [1.82, 2.24) is 0 Å². The van der Waals surface area contributed by atoms with Crippen LogP contribution in [-0.2, 0) is 14.3 Å². The maximum atomic E-state index is 11.6. The van der Waals surface area contributed by atoms with Crippen molar-refractivity contribution in [3.63, 3.8) is 0 Å². The summed E-state index contributed by atoms with van der Waals surface area (Å²) in [6, 6.07) is 0. The van der Waals surface area contributed by atoms with Gasteiger partial charge in [0.2, 0.25) is 0 Å². The molecule has 0 spiro atoms. The van der Waals surface area contributed by atoms with Crippen LogP contribution in [0, 0.1) is 5.41 Å². The van der Waals surface area contributed by atoms with Crippen LogP contribution in [0.3, 0.4) is 0 Å². The van der Waals surface area contributed by atoms with Gasteiger partial charge in [-0.05, 0) is 24.7 Å². The van der Waals surface area contributed by atoms with Crippen LogP contribution in [0.4, 0.5) is 0 Å². The molecule has 0 atom stereocenters. The molecule has 4 heteroatoms. The van der Waals surface area contributed by atoms with E-state index < -0.39 is 10.1 Å². The molecule has 0 aromatic rings. The van der Waals surface area contributed by atoms with E-state index in [9.17, 15) is 8.42 Å². The molecule has 3 nitrogen and oxygen atoms in total. The summed E-state index contributed by atoms with van der Waals surface area (Å²) in [7, 11) is -3.28. The molecule has 0 unspecified atom stereocenters. The first kappa shape index (κ1) is 14.0. The quantitative estimate of drug-likeness (QED) is 0.619. The first-order chi connectivity index (χ1) is 7.41. The van der Waals surface area contributed by atoms with Gasteiger partial charge in [0.15, 0.2) is 0 Å². The van der Waals surface area contributed by atoms with Crippen LogP contribution < -0.4 is 0 Å². The molecular formula is C12H24O3S. The molecule has 0 aromatic carbocycles. The van der Waals surface area contributed by atoms with Gasteiger partial charge in [-0.25, -0.2) is 0 Å². The predicted octanol–water partition coefficient (Wildman–Crippen LogP) is 3.10. The molecule has 0 radical (unpaired) electrons. The average Bonchev–Trinajstić information content (AvgIpc) is 2.18. The molecule has 1 heterocycles. The maximum Gasteiger partial charge on any atom is 0.267 e. The Hall–Kier alpha value is -0.0900. The molecule has 1 aliphatic heterocycles. The summed E-state index contributed by atoms with van der Waals surface area (Å²) in [6.45, 7) is 4.66. The third-order valence-electron chi connectivity index (χ3n) is 3.29. The Morgan fingerprint density at radius 2 is 1.56 bits per heavy atom.